The van der Waals surface area contributed by atoms with Gasteiger partial charge in [-0.15, -0.1) is 11.3 Å². The molecule has 0 aromatic carbocycles. The summed E-state index contributed by atoms with van der Waals surface area (Å²) in [4.78, 5) is 15.3. The van der Waals surface area contributed by atoms with Gasteiger partial charge < -0.3 is 11.1 Å². The standard InChI is InChI=1S/C16H26N2OS/c1-11-9-14(13(3)20-11)12(2)18-15(19)16(10-17)7-5-4-6-8-16/h9,12H,4-8,10,17H2,1-3H3,(H,18,19). The number of hydrogen-bond donors (Lipinski definition) is 2. The summed E-state index contributed by atoms with van der Waals surface area (Å²) < 4.78 is 0. The molecular weight excluding hydrogens is 268 g/mol. The van der Waals surface area contributed by atoms with E-state index in [-0.39, 0.29) is 17.4 Å². The Balaban J connectivity index is 2.08. The van der Waals surface area contributed by atoms with Crippen LogP contribution in [0.3, 0.4) is 0 Å². The molecule has 0 aliphatic heterocycles. The number of nitrogens with one attached hydrogen (secondary N) is 1. The van der Waals surface area contributed by atoms with E-state index < -0.39 is 0 Å². The summed E-state index contributed by atoms with van der Waals surface area (Å²) in [7, 11) is 0. The summed E-state index contributed by atoms with van der Waals surface area (Å²) in [5, 5.41) is 3.20. The second-order valence-electron chi connectivity index (χ2n) is 6.11. The van der Waals surface area contributed by atoms with Crippen molar-refractivity contribution in [1.82, 2.24) is 5.32 Å². The van der Waals surface area contributed by atoms with Gasteiger partial charge in [0, 0.05) is 16.3 Å². The molecule has 0 bridgehead atoms. The molecular formula is C16H26N2OS. The van der Waals surface area contributed by atoms with Gasteiger partial charge in [-0.3, -0.25) is 4.79 Å². The molecule has 3 N–H and O–H groups in total. The maximum absolute atomic E-state index is 12.7. The first kappa shape index (κ1) is 15.5. The van der Waals surface area contributed by atoms with Gasteiger partial charge in [0.05, 0.1) is 11.5 Å². The average molecular weight is 294 g/mol. The Hall–Kier alpha value is -0.870. The molecule has 1 atom stereocenters. The van der Waals surface area contributed by atoms with E-state index >= 15 is 0 Å². The maximum Gasteiger partial charge on any atom is 0.227 e. The molecule has 1 aliphatic rings. The van der Waals surface area contributed by atoms with Crippen LogP contribution in [0.25, 0.3) is 0 Å². The third-order valence-electron chi connectivity index (χ3n) is 4.58. The van der Waals surface area contributed by atoms with Crippen molar-refractivity contribution in [2.75, 3.05) is 6.54 Å². The van der Waals surface area contributed by atoms with Gasteiger partial charge in [-0.2, -0.15) is 0 Å². The molecule has 0 saturated heterocycles. The lowest BCUT2D eigenvalue weighted by Gasteiger charge is -2.35. The molecule has 1 heterocycles. The van der Waals surface area contributed by atoms with E-state index in [9.17, 15) is 4.79 Å². The second kappa shape index (κ2) is 6.27. The number of aryl methyl sites for hydroxylation is 2. The fraction of sp³-hybridized carbons (Fsp3) is 0.688. The van der Waals surface area contributed by atoms with Crippen molar-refractivity contribution in [1.29, 1.82) is 0 Å². The molecule has 2 rings (SSSR count). The van der Waals surface area contributed by atoms with E-state index in [1.54, 1.807) is 11.3 Å². The molecule has 1 amide bonds. The molecule has 1 aromatic rings. The number of carbonyl (C=O) groups is 1. The number of nitrogens with two attached hydrogens (primary N) is 1. The van der Waals surface area contributed by atoms with Crippen LogP contribution in [0.15, 0.2) is 6.07 Å². The first-order valence-electron chi connectivity index (χ1n) is 7.56. The average Bonchev–Trinajstić information content (AvgIpc) is 2.78. The van der Waals surface area contributed by atoms with Gasteiger partial charge in [0.1, 0.15) is 0 Å². The minimum absolute atomic E-state index is 0.0674. The molecule has 0 radical (unpaired) electrons. The third kappa shape index (κ3) is 3.07. The van der Waals surface area contributed by atoms with Crippen molar-refractivity contribution in [3.05, 3.63) is 21.4 Å². The number of carbonyl (C=O) groups excluding carboxylic acids is 1. The summed E-state index contributed by atoms with van der Waals surface area (Å²) in [5.41, 5.74) is 6.84. The lowest BCUT2D eigenvalue weighted by Crippen LogP contribution is -2.47. The minimum atomic E-state index is -0.328. The summed E-state index contributed by atoms with van der Waals surface area (Å²) >= 11 is 1.79. The number of rotatable bonds is 4. The second-order valence-corrected chi connectivity index (χ2v) is 7.57. The minimum Gasteiger partial charge on any atom is -0.349 e. The van der Waals surface area contributed by atoms with Crippen LogP contribution in [0.5, 0.6) is 0 Å². The zero-order valence-corrected chi connectivity index (χ0v) is 13.6. The third-order valence-corrected chi connectivity index (χ3v) is 5.56. The first-order valence-corrected chi connectivity index (χ1v) is 8.38. The molecule has 4 heteroatoms. The largest absolute Gasteiger partial charge is 0.349 e. The monoisotopic (exact) mass is 294 g/mol. The lowest BCUT2D eigenvalue weighted by molar-refractivity contribution is -0.133. The van der Waals surface area contributed by atoms with Crippen LogP contribution in [0.1, 0.15) is 60.4 Å². The SMILES string of the molecule is Cc1cc(C(C)NC(=O)C2(CN)CCCCC2)c(C)s1. The molecule has 112 valence electrons. The van der Waals surface area contributed by atoms with Crippen LogP contribution in [-0.4, -0.2) is 12.5 Å². The fourth-order valence-electron chi connectivity index (χ4n) is 3.26. The quantitative estimate of drug-likeness (QED) is 0.893. The molecule has 1 saturated carbocycles. The first-order chi connectivity index (χ1) is 9.48. The highest BCUT2D eigenvalue weighted by Gasteiger charge is 2.38. The predicted octanol–water partition coefficient (Wildman–Crippen LogP) is 3.45. The zero-order chi connectivity index (χ0) is 14.8. The van der Waals surface area contributed by atoms with E-state index in [2.05, 4.69) is 32.2 Å². The maximum atomic E-state index is 12.7. The highest BCUT2D eigenvalue weighted by atomic mass is 32.1. The Morgan fingerprint density at radius 3 is 2.55 bits per heavy atom. The summed E-state index contributed by atoms with van der Waals surface area (Å²) in [6.45, 7) is 6.76. The van der Waals surface area contributed by atoms with Crippen molar-refractivity contribution in [2.24, 2.45) is 11.1 Å². The van der Waals surface area contributed by atoms with Crippen LogP contribution in [-0.2, 0) is 4.79 Å². The van der Waals surface area contributed by atoms with Gasteiger partial charge in [-0.05, 0) is 45.2 Å². The van der Waals surface area contributed by atoms with Gasteiger partial charge in [0.15, 0.2) is 0 Å². The van der Waals surface area contributed by atoms with Crippen LogP contribution in [0, 0.1) is 19.3 Å². The van der Waals surface area contributed by atoms with Gasteiger partial charge in [0.2, 0.25) is 5.91 Å². The molecule has 1 aliphatic carbocycles. The van der Waals surface area contributed by atoms with Gasteiger partial charge in [-0.25, -0.2) is 0 Å². The van der Waals surface area contributed by atoms with E-state index in [0.29, 0.717) is 6.54 Å². The van der Waals surface area contributed by atoms with E-state index in [1.807, 2.05) is 0 Å². The molecule has 3 nitrogen and oxygen atoms in total. The van der Waals surface area contributed by atoms with E-state index in [4.69, 9.17) is 5.73 Å². The highest BCUT2D eigenvalue weighted by Crippen LogP contribution is 2.36. The summed E-state index contributed by atoms with van der Waals surface area (Å²) in [5.74, 6) is 0.149. The van der Waals surface area contributed by atoms with Crippen molar-refractivity contribution in [3.63, 3.8) is 0 Å². The van der Waals surface area contributed by atoms with Gasteiger partial charge in [-0.1, -0.05) is 19.3 Å². The number of thiophene rings is 1. The Kier molecular flexibility index (Phi) is 4.86. The normalized spacial score (nSPS) is 19.6. The van der Waals surface area contributed by atoms with Crippen LogP contribution in [0.2, 0.25) is 0 Å². The van der Waals surface area contributed by atoms with E-state index in [0.717, 1.165) is 25.7 Å². The zero-order valence-electron chi connectivity index (χ0n) is 12.8. The van der Waals surface area contributed by atoms with Gasteiger partial charge >= 0.3 is 0 Å². The van der Waals surface area contributed by atoms with Crippen LogP contribution in [0.4, 0.5) is 0 Å². The van der Waals surface area contributed by atoms with Crippen molar-refractivity contribution < 1.29 is 4.79 Å². The predicted molar refractivity (Wildman–Crippen MR) is 84.9 cm³/mol. The Morgan fingerprint density at radius 1 is 1.40 bits per heavy atom. The Bertz CT molecular complexity index is 475. The fourth-order valence-corrected chi connectivity index (χ4v) is 4.28. The van der Waals surface area contributed by atoms with Crippen molar-refractivity contribution in [2.45, 2.75) is 58.9 Å². The Labute approximate surface area is 125 Å². The van der Waals surface area contributed by atoms with Crippen LogP contribution >= 0.6 is 11.3 Å². The van der Waals surface area contributed by atoms with Crippen molar-refractivity contribution >= 4 is 17.2 Å². The van der Waals surface area contributed by atoms with E-state index in [1.165, 1.54) is 21.7 Å². The molecule has 1 aromatic heterocycles. The van der Waals surface area contributed by atoms with Crippen LogP contribution < -0.4 is 11.1 Å². The highest BCUT2D eigenvalue weighted by molar-refractivity contribution is 7.12. The number of hydrogen-bond acceptors (Lipinski definition) is 3. The Morgan fingerprint density at radius 2 is 2.05 bits per heavy atom. The summed E-state index contributed by atoms with van der Waals surface area (Å²) in [6, 6.07) is 2.25. The topological polar surface area (TPSA) is 55.1 Å². The molecule has 1 fully saturated rings. The lowest BCUT2D eigenvalue weighted by atomic mass is 9.73. The number of amides is 1. The molecule has 0 spiro atoms. The van der Waals surface area contributed by atoms with Crippen molar-refractivity contribution in [3.8, 4) is 0 Å². The summed E-state index contributed by atoms with van der Waals surface area (Å²) in [6.07, 6.45) is 5.34. The molecule has 1 unspecified atom stereocenters. The van der Waals surface area contributed by atoms with Gasteiger partial charge in [0.25, 0.3) is 0 Å². The smallest absolute Gasteiger partial charge is 0.227 e. The molecule has 20 heavy (non-hydrogen) atoms.